The first-order chi connectivity index (χ1) is 7.34. The third kappa shape index (κ3) is 3.33. The normalized spacial score (nSPS) is 13.9. The summed E-state index contributed by atoms with van der Waals surface area (Å²) in [5.41, 5.74) is 1.47. The van der Waals surface area contributed by atoms with Gasteiger partial charge in [-0.2, -0.15) is 13.2 Å². The maximum atomic E-state index is 13.2. The summed E-state index contributed by atoms with van der Waals surface area (Å²) < 4.78 is 50.2. The highest BCUT2D eigenvalue weighted by molar-refractivity contribution is 6.30. The summed E-state index contributed by atoms with van der Waals surface area (Å²) >= 11 is 5.56. The number of rotatable bonds is 3. The van der Waals surface area contributed by atoms with E-state index >= 15 is 0 Å². The number of halogens is 5. The molecule has 0 aliphatic rings. The van der Waals surface area contributed by atoms with Crippen LogP contribution in [-0.4, -0.2) is 12.2 Å². The van der Waals surface area contributed by atoms with Crippen molar-refractivity contribution in [1.29, 1.82) is 0 Å². The van der Waals surface area contributed by atoms with Crippen LogP contribution in [0.4, 0.5) is 17.6 Å². The lowest BCUT2D eigenvalue weighted by Crippen LogP contribution is -2.47. The van der Waals surface area contributed by atoms with Crippen LogP contribution in [0.5, 0.6) is 0 Å². The summed E-state index contributed by atoms with van der Waals surface area (Å²) in [6.45, 7) is 0. The highest BCUT2D eigenvalue weighted by Gasteiger charge is 2.39. The van der Waals surface area contributed by atoms with E-state index in [0.29, 0.717) is 0 Å². The molecule has 1 aromatic carbocycles. The lowest BCUT2D eigenvalue weighted by Gasteiger charge is -2.19. The highest BCUT2D eigenvalue weighted by Crippen LogP contribution is 2.24. The zero-order valence-electron chi connectivity index (χ0n) is 7.98. The second kappa shape index (κ2) is 4.99. The first kappa shape index (κ1) is 13.2. The minimum Gasteiger partial charge on any atom is -0.271 e. The molecule has 3 N–H and O–H groups in total. The van der Waals surface area contributed by atoms with Gasteiger partial charge in [-0.25, -0.2) is 9.82 Å². The average molecular weight is 257 g/mol. The standard InChI is InChI=1S/C9H9ClF4N2/c10-6-1-2-7(11)5(3-6)4-8(16-15)9(12,13)14/h1-3,8,16H,4,15H2. The van der Waals surface area contributed by atoms with Crippen molar-refractivity contribution in [3.63, 3.8) is 0 Å². The van der Waals surface area contributed by atoms with Crippen LogP contribution in [0.15, 0.2) is 18.2 Å². The van der Waals surface area contributed by atoms with Crippen molar-refractivity contribution < 1.29 is 17.6 Å². The molecule has 0 radical (unpaired) electrons. The SMILES string of the molecule is NNC(Cc1cc(Cl)ccc1F)C(F)(F)F. The largest absolute Gasteiger partial charge is 0.405 e. The third-order valence-corrected chi connectivity index (χ3v) is 2.26. The molecule has 90 valence electrons. The molecule has 0 fully saturated rings. The van der Waals surface area contributed by atoms with Crippen LogP contribution >= 0.6 is 11.6 Å². The minimum absolute atomic E-state index is 0.132. The van der Waals surface area contributed by atoms with Crippen LogP contribution < -0.4 is 11.3 Å². The molecule has 0 heterocycles. The van der Waals surface area contributed by atoms with Gasteiger partial charge in [0.05, 0.1) is 0 Å². The number of hydrogen-bond acceptors (Lipinski definition) is 2. The molecule has 0 saturated carbocycles. The molecule has 2 nitrogen and oxygen atoms in total. The van der Waals surface area contributed by atoms with Crippen molar-refractivity contribution >= 4 is 11.6 Å². The van der Waals surface area contributed by atoms with E-state index in [1.54, 1.807) is 5.43 Å². The highest BCUT2D eigenvalue weighted by atomic mass is 35.5. The van der Waals surface area contributed by atoms with Crippen molar-refractivity contribution in [3.05, 3.63) is 34.6 Å². The molecule has 0 saturated heterocycles. The van der Waals surface area contributed by atoms with Gasteiger partial charge in [0.15, 0.2) is 0 Å². The summed E-state index contributed by atoms with van der Waals surface area (Å²) in [5.74, 6) is 4.03. The van der Waals surface area contributed by atoms with Crippen LogP contribution in [0.3, 0.4) is 0 Å². The van der Waals surface area contributed by atoms with E-state index in [1.165, 1.54) is 6.07 Å². The maximum absolute atomic E-state index is 13.2. The van der Waals surface area contributed by atoms with E-state index in [0.717, 1.165) is 12.1 Å². The number of nitrogens with two attached hydrogens (primary N) is 1. The van der Waals surface area contributed by atoms with Gasteiger partial charge in [-0.15, -0.1) is 0 Å². The van der Waals surface area contributed by atoms with Crippen molar-refractivity contribution in [1.82, 2.24) is 5.43 Å². The second-order valence-corrected chi connectivity index (χ2v) is 3.64. The van der Waals surface area contributed by atoms with E-state index < -0.39 is 24.5 Å². The zero-order valence-corrected chi connectivity index (χ0v) is 8.74. The van der Waals surface area contributed by atoms with Crippen molar-refractivity contribution in [3.8, 4) is 0 Å². The quantitative estimate of drug-likeness (QED) is 0.495. The van der Waals surface area contributed by atoms with Crippen molar-refractivity contribution in [2.45, 2.75) is 18.6 Å². The molecule has 0 bridgehead atoms. The lowest BCUT2D eigenvalue weighted by molar-refractivity contribution is -0.155. The smallest absolute Gasteiger partial charge is 0.271 e. The van der Waals surface area contributed by atoms with E-state index in [2.05, 4.69) is 0 Å². The molecule has 1 atom stereocenters. The lowest BCUT2D eigenvalue weighted by atomic mass is 10.1. The van der Waals surface area contributed by atoms with E-state index in [1.807, 2.05) is 0 Å². The van der Waals surface area contributed by atoms with Gasteiger partial charge in [-0.1, -0.05) is 11.6 Å². The van der Waals surface area contributed by atoms with Crippen LogP contribution in [0.1, 0.15) is 5.56 Å². The third-order valence-electron chi connectivity index (χ3n) is 2.03. The van der Waals surface area contributed by atoms with E-state index in [4.69, 9.17) is 17.4 Å². The molecule has 1 unspecified atom stereocenters. The molecular formula is C9H9ClF4N2. The Balaban J connectivity index is 2.90. The van der Waals surface area contributed by atoms with Crippen LogP contribution in [0.25, 0.3) is 0 Å². The predicted molar refractivity (Wildman–Crippen MR) is 52.3 cm³/mol. The number of hydrogen-bond donors (Lipinski definition) is 2. The fraction of sp³-hybridized carbons (Fsp3) is 0.333. The second-order valence-electron chi connectivity index (χ2n) is 3.20. The molecule has 0 spiro atoms. The molecular weight excluding hydrogens is 248 g/mol. The van der Waals surface area contributed by atoms with Gasteiger partial charge in [0.1, 0.15) is 11.9 Å². The first-order valence-electron chi connectivity index (χ1n) is 4.31. The van der Waals surface area contributed by atoms with Crippen molar-refractivity contribution in [2.75, 3.05) is 0 Å². The summed E-state index contributed by atoms with van der Waals surface area (Å²) in [6.07, 6.45) is -5.14. The van der Waals surface area contributed by atoms with Crippen molar-refractivity contribution in [2.24, 2.45) is 5.84 Å². The monoisotopic (exact) mass is 256 g/mol. The molecule has 1 aromatic rings. The Hall–Kier alpha value is -0.850. The topological polar surface area (TPSA) is 38.0 Å². The molecule has 16 heavy (non-hydrogen) atoms. The Kier molecular flexibility index (Phi) is 4.12. The molecule has 0 aliphatic heterocycles. The van der Waals surface area contributed by atoms with Gasteiger partial charge < -0.3 is 0 Å². The molecule has 1 rings (SSSR count). The maximum Gasteiger partial charge on any atom is 0.405 e. The van der Waals surface area contributed by atoms with Gasteiger partial charge in [0, 0.05) is 11.4 Å². The van der Waals surface area contributed by atoms with Crippen LogP contribution in [0, 0.1) is 5.82 Å². The fourth-order valence-corrected chi connectivity index (χ4v) is 1.38. The molecule has 7 heteroatoms. The summed E-state index contributed by atoms with van der Waals surface area (Å²) in [7, 11) is 0. The van der Waals surface area contributed by atoms with Crippen LogP contribution in [0.2, 0.25) is 5.02 Å². The Morgan fingerprint density at radius 3 is 2.50 bits per heavy atom. The van der Waals surface area contributed by atoms with E-state index in [-0.39, 0.29) is 10.6 Å². The number of alkyl halides is 3. The van der Waals surface area contributed by atoms with Gasteiger partial charge in [-0.05, 0) is 23.8 Å². The Labute approximate surface area is 94.4 Å². The molecule has 0 aromatic heterocycles. The first-order valence-corrected chi connectivity index (χ1v) is 4.69. The number of benzene rings is 1. The minimum atomic E-state index is -4.54. The average Bonchev–Trinajstić information content (AvgIpc) is 2.17. The molecule has 0 amide bonds. The van der Waals surface area contributed by atoms with Crippen LogP contribution in [-0.2, 0) is 6.42 Å². The number of nitrogens with one attached hydrogen (secondary N) is 1. The summed E-state index contributed by atoms with van der Waals surface area (Å²) in [5, 5.41) is 0.175. The van der Waals surface area contributed by atoms with E-state index in [9.17, 15) is 17.6 Å². The fourth-order valence-electron chi connectivity index (χ4n) is 1.19. The van der Waals surface area contributed by atoms with Gasteiger partial charge in [0.25, 0.3) is 0 Å². The molecule has 0 aliphatic carbocycles. The predicted octanol–water partition coefficient (Wildman–Crippen LogP) is 2.42. The van der Waals surface area contributed by atoms with Gasteiger partial charge >= 0.3 is 6.18 Å². The Morgan fingerprint density at radius 2 is 2.00 bits per heavy atom. The summed E-state index contributed by atoms with van der Waals surface area (Å²) in [4.78, 5) is 0. The zero-order chi connectivity index (χ0) is 12.3. The van der Waals surface area contributed by atoms with Gasteiger partial charge in [0.2, 0.25) is 0 Å². The number of hydrazine groups is 1. The summed E-state index contributed by atoms with van der Waals surface area (Å²) in [6, 6.07) is 1.42. The van der Waals surface area contributed by atoms with Gasteiger partial charge in [-0.3, -0.25) is 5.84 Å². The Morgan fingerprint density at radius 1 is 1.38 bits per heavy atom. The Bertz CT molecular complexity index is 367.